The molecule has 0 aliphatic rings. The van der Waals surface area contributed by atoms with Crippen LogP contribution in [0.15, 0.2) is 53.8 Å². The molecule has 4 nitrogen and oxygen atoms in total. The van der Waals surface area contributed by atoms with Gasteiger partial charge in [-0.15, -0.1) is 10.2 Å². The fourth-order valence-electron chi connectivity index (χ4n) is 2.11. The Bertz CT molecular complexity index is 708. The molecule has 0 bridgehead atoms. The van der Waals surface area contributed by atoms with E-state index in [1.54, 1.807) is 11.8 Å². The molecular weight excluding hydrogens is 268 g/mol. The number of fused-ring (bicyclic) bond motifs is 1. The number of hydrogen-bond acceptors (Lipinski definition) is 4. The molecule has 5 heteroatoms. The molecule has 0 fully saturated rings. The van der Waals surface area contributed by atoms with Crippen LogP contribution in [0.2, 0.25) is 0 Å². The highest BCUT2D eigenvalue weighted by molar-refractivity contribution is 7.99. The van der Waals surface area contributed by atoms with Crippen molar-refractivity contribution in [2.45, 2.75) is 18.0 Å². The maximum atomic E-state index is 5.78. The molecule has 0 spiro atoms. The predicted octanol–water partition coefficient (Wildman–Crippen LogP) is 3.04. The van der Waals surface area contributed by atoms with E-state index in [1.165, 1.54) is 5.56 Å². The second-order valence-electron chi connectivity index (χ2n) is 4.61. The normalized spacial score (nSPS) is 11.0. The Morgan fingerprint density at radius 1 is 1.10 bits per heavy atom. The van der Waals surface area contributed by atoms with Crippen LogP contribution in [0.4, 0.5) is 5.69 Å². The SMILES string of the molecule is Nc1cccc(CCCSc2nnc3ccccn23)c1. The first-order valence-corrected chi connectivity index (χ1v) is 7.58. The van der Waals surface area contributed by atoms with Gasteiger partial charge in [-0.05, 0) is 42.7 Å². The fourth-order valence-corrected chi connectivity index (χ4v) is 2.97. The van der Waals surface area contributed by atoms with Crippen molar-refractivity contribution < 1.29 is 0 Å². The van der Waals surface area contributed by atoms with Gasteiger partial charge in [-0.1, -0.05) is 30.0 Å². The Morgan fingerprint density at radius 2 is 2.05 bits per heavy atom. The van der Waals surface area contributed by atoms with Gasteiger partial charge in [0.2, 0.25) is 0 Å². The lowest BCUT2D eigenvalue weighted by atomic mass is 10.1. The number of aromatic nitrogens is 3. The van der Waals surface area contributed by atoms with Crippen LogP contribution in [0, 0.1) is 0 Å². The minimum atomic E-state index is 0.832. The molecule has 3 aromatic rings. The third kappa shape index (κ3) is 2.93. The summed E-state index contributed by atoms with van der Waals surface area (Å²) in [5, 5.41) is 9.30. The van der Waals surface area contributed by atoms with E-state index in [0.717, 1.165) is 35.1 Å². The molecule has 0 unspecified atom stereocenters. The highest BCUT2D eigenvalue weighted by Gasteiger charge is 2.04. The van der Waals surface area contributed by atoms with Gasteiger partial charge < -0.3 is 5.73 Å². The Morgan fingerprint density at radius 3 is 2.95 bits per heavy atom. The molecule has 0 amide bonds. The number of anilines is 1. The Labute approximate surface area is 122 Å². The molecule has 0 saturated heterocycles. The zero-order valence-electron chi connectivity index (χ0n) is 11.1. The van der Waals surface area contributed by atoms with E-state index >= 15 is 0 Å². The molecule has 2 N–H and O–H groups in total. The van der Waals surface area contributed by atoms with Gasteiger partial charge in [-0.2, -0.15) is 0 Å². The minimum absolute atomic E-state index is 0.832. The third-order valence-corrected chi connectivity index (χ3v) is 4.10. The lowest BCUT2D eigenvalue weighted by molar-refractivity contribution is 0.900. The van der Waals surface area contributed by atoms with Gasteiger partial charge in [0.15, 0.2) is 10.8 Å². The Balaban J connectivity index is 1.55. The molecule has 20 heavy (non-hydrogen) atoms. The van der Waals surface area contributed by atoms with E-state index in [-0.39, 0.29) is 0 Å². The number of hydrogen-bond donors (Lipinski definition) is 1. The van der Waals surface area contributed by atoms with E-state index < -0.39 is 0 Å². The summed E-state index contributed by atoms with van der Waals surface area (Å²) in [6, 6.07) is 14.0. The third-order valence-electron chi connectivity index (χ3n) is 3.07. The van der Waals surface area contributed by atoms with Crippen molar-refractivity contribution in [1.29, 1.82) is 0 Å². The van der Waals surface area contributed by atoms with Crippen LogP contribution < -0.4 is 5.73 Å². The van der Waals surface area contributed by atoms with Crippen LogP contribution in [0.1, 0.15) is 12.0 Å². The molecule has 2 aromatic heterocycles. The average molecular weight is 284 g/mol. The van der Waals surface area contributed by atoms with Gasteiger partial charge in [0.05, 0.1) is 0 Å². The fraction of sp³-hybridized carbons (Fsp3) is 0.200. The second kappa shape index (κ2) is 5.96. The summed E-state index contributed by atoms with van der Waals surface area (Å²) in [7, 11) is 0. The summed E-state index contributed by atoms with van der Waals surface area (Å²) >= 11 is 1.74. The number of benzene rings is 1. The van der Waals surface area contributed by atoms with Gasteiger partial charge in [0, 0.05) is 17.6 Å². The van der Waals surface area contributed by atoms with E-state index in [2.05, 4.69) is 16.3 Å². The molecule has 0 aliphatic carbocycles. The number of pyridine rings is 1. The van der Waals surface area contributed by atoms with E-state index in [4.69, 9.17) is 5.73 Å². The number of nitrogens with zero attached hydrogens (tertiary/aromatic N) is 3. The average Bonchev–Trinajstić information content (AvgIpc) is 2.87. The largest absolute Gasteiger partial charge is 0.399 e. The smallest absolute Gasteiger partial charge is 0.195 e. The molecule has 0 aliphatic heterocycles. The van der Waals surface area contributed by atoms with Crippen LogP contribution in [-0.2, 0) is 6.42 Å². The van der Waals surface area contributed by atoms with Crippen LogP contribution in [-0.4, -0.2) is 20.4 Å². The standard InChI is InChI=1S/C15H16N4S/c16-13-7-3-5-12(11-13)6-4-10-20-15-18-17-14-8-1-2-9-19(14)15/h1-3,5,7-9,11H,4,6,10,16H2. The summed E-state index contributed by atoms with van der Waals surface area (Å²) in [4.78, 5) is 0. The zero-order chi connectivity index (χ0) is 13.8. The number of thioether (sulfide) groups is 1. The Kier molecular flexibility index (Phi) is 3.87. The monoisotopic (exact) mass is 284 g/mol. The molecule has 102 valence electrons. The molecule has 0 radical (unpaired) electrons. The summed E-state index contributed by atoms with van der Waals surface area (Å²) in [5.74, 6) is 1.02. The maximum Gasteiger partial charge on any atom is 0.195 e. The van der Waals surface area contributed by atoms with Crippen molar-refractivity contribution in [2.24, 2.45) is 0 Å². The van der Waals surface area contributed by atoms with E-state index in [1.807, 2.05) is 47.0 Å². The molecule has 2 heterocycles. The number of nitrogen functional groups attached to an aromatic ring is 1. The van der Waals surface area contributed by atoms with Gasteiger partial charge in [0.1, 0.15) is 0 Å². The molecule has 0 atom stereocenters. The van der Waals surface area contributed by atoms with Crippen molar-refractivity contribution in [2.75, 3.05) is 11.5 Å². The van der Waals surface area contributed by atoms with Gasteiger partial charge in [-0.25, -0.2) is 0 Å². The first kappa shape index (κ1) is 13.0. The van der Waals surface area contributed by atoms with Crippen molar-refractivity contribution >= 4 is 23.1 Å². The van der Waals surface area contributed by atoms with Crippen LogP contribution in [0.25, 0.3) is 5.65 Å². The second-order valence-corrected chi connectivity index (χ2v) is 5.67. The van der Waals surface area contributed by atoms with Crippen LogP contribution >= 0.6 is 11.8 Å². The predicted molar refractivity (Wildman–Crippen MR) is 82.9 cm³/mol. The lowest BCUT2D eigenvalue weighted by Gasteiger charge is -2.02. The molecule has 3 rings (SSSR count). The number of nitrogens with two attached hydrogens (primary N) is 1. The zero-order valence-corrected chi connectivity index (χ0v) is 11.9. The van der Waals surface area contributed by atoms with Crippen molar-refractivity contribution in [3.63, 3.8) is 0 Å². The summed E-state index contributed by atoms with van der Waals surface area (Å²) < 4.78 is 2.02. The highest BCUT2D eigenvalue weighted by Crippen LogP contribution is 2.18. The van der Waals surface area contributed by atoms with Crippen molar-refractivity contribution in [3.05, 3.63) is 54.2 Å². The van der Waals surface area contributed by atoms with Crippen LogP contribution in [0.5, 0.6) is 0 Å². The van der Waals surface area contributed by atoms with Gasteiger partial charge in [0.25, 0.3) is 0 Å². The molecule has 0 saturated carbocycles. The van der Waals surface area contributed by atoms with Crippen molar-refractivity contribution in [1.82, 2.24) is 14.6 Å². The first-order chi connectivity index (χ1) is 9.83. The number of rotatable bonds is 5. The van der Waals surface area contributed by atoms with Gasteiger partial charge in [-0.3, -0.25) is 4.40 Å². The summed E-state index contributed by atoms with van der Waals surface area (Å²) in [6.45, 7) is 0. The number of aryl methyl sites for hydroxylation is 1. The molecular formula is C15H16N4S. The topological polar surface area (TPSA) is 56.2 Å². The van der Waals surface area contributed by atoms with Gasteiger partial charge >= 0.3 is 0 Å². The summed E-state index contributed by atoms with van der Waals surface area (Å²) in [6.07, 6.45) is 4.13. The van der Waals surface area contributed by atoms with E-state index in [9.17, 15) is 0 Å². The highest BCUT2D eigenvalue weighted by atomic mass is 32.2. The van der Waals surface area contributed by atoms with E-state index in [0.29, 0.717) is 0 Å². The van der Waals surface area contributed by atoms with Crippen LogP contribution in [0.3, 0.4) is 0 Å². The minimum Gasteiger partial charge on any atom is -0.399 e. The maximum absolute atomic E-state index is 5.78. The molecule has 1 aromatic carbocycles. The van der Waals surface area contributed by atoms with Crippen molar-refractivity contribution in [3.8, 4) is 0 Å². The lowest BCUT2D eigenvalue weighted by Crippen LogP contribution is -1.92. The summed E-state index contributed by atoms with van der Waals surface area (Å²) in [5.41, 5.74) is 8.79. The Hall–Kier alpha value is -2.01. The first-order valence-electron chi connectivity index (χ1n) is 6.60. The quantitative estimate of drug-likeness (QED) is 0.444.